The molecule has 0 bridgehead atoms. The number of likely N-dealkylation sites (tertiary alicyclic amines) is 1. The number of rotatable bonds is 3. The number of fused-ring (bicyclic) bond motifs is 1. The second-order valence-corrected chi connectivity index (χ2v) is 12.9. The lowest BCUT2D eigenvalue weighted by Crippen LogP contribution is -2.56. The fourth-order valence-corrected chi connectivity index (χ4v) is 6.75. The van der Waals surface area contributed by atoms with Crippen LogP contribution in [-0.2, 0) is 19.1 Å². The zero-order valence-corrected chi connectivity index (χ0v) is 25.4. The van der Waals surface area contributed by atoms with Crippen molar-refractivity contribution in [3.8, 4) is 0 Å². The number of hydrogen-bond acceptors (Lipinski definition) is 7. The summed E-state index contributed by atoms with van der Waals surface area (Å²) in [5.41, 5.74) is -1.36. The first-order chi connectivity index (χ1) is 18.1. The first-order valence-electron chi connectivity index (χ1n) is 14.6. The Labute approximate surface area is 234 Å². The summed E-state index contributed by atoms with van der Waals surface area (Å²) >= 11 is 0. The van der Waals surface area contributed by atoms with E-state index in [1.54, 1.807) is 25.8 Å². The second kappa shape index (κ2) is 12.8. The Morgan fingerprint density at radius 1 is 1.18 bits per heavy atom. The van der Waals surface area contributed by atoms with Crippen LogP contribution in [0.5, 0.6) is 0 Å². The molecular weight excluding hydrogens is 500 g/mol. The molecule has 10 atom stereocenters. The third-order valence-corrected chi connectivity index (χ3v) is 8.76. The number of aliphatic hydroxyl groups excluding tert-OH is 1. The molecule has 0 aromatic carbocycles. The van der Waals surface area contributed by atoms with Crippen LogP contribution in [0.1, 0.15) is 74.1 Å². The molecule has 0 aromatic rings. The van der Waals surface area contributed by atoms with Crippen LogP contribution in [-0.4, -0.2) is 107 Å². The van der Waals surface area contributed by atoms with Gasteiger partial charge in [0, 0.05) is 63.9 Å². The molecule has 0 aliphatic carbocycles. The van der Waals surface area contributed by atoms with Crippen molar-refractivity contribution in [2.75, 3.05) is 27.2 Å². The van der Waals surface area contributed by atoms with Crippen molar-refractivity contribution in [3.05, 3.63) is 0 Å². The van der Waals surface area contributed by atoms with E-state index in [9.17, 15) is 19.8 Å². The van der Waals surface area contributed by atoms with Gasteiger partial charge in [-0.1, -0.05) is 20.8 Å². The maximum absolute atomic E-state index is 12.8. The summed E-state index contributed by atoms with van der Waals surface area (Å²) in [6, 6.07) is 0.373. The Morgan fingerprint density at radius 2 is 1.85 bits per heavy atom. The number of carbonyl (C=O) groups is 2. The topological polar surface area (TPSA) is 124 Å². The zero-order valence-electron chi connectivity index (χ0n) is 25.4. The summed E-state index contributed by atoms with van der Waals surface area (Å²) in [5.74, 6) is -0.701. The molecule has 3 aliphatic rings. The lowest BCUT2D eigenvalue weighted by Gasteiger charge is -2.46. The van der Waals surface area contributed by atoms with Gasteiger partial charge in [0.15, 0.2) is 6.29 Å². The van der Waals surface area contributed by atoms with E-state index in [0.29, 0.717) is 19.4 Å². The smallest absolute Gasteiger partial charge is 0.225 e. The van der Waals surface area contributed by atoms with E-state index in [1.165, 1.54) is 0 Å². The summed E-state index contributed by atoms with van der Waals surface area (Å²) < 4.78 is 13.1. The van der Waals surface area contributed by atoms with Crippen molar-refractivity contribution in [3.63, 3.8) is 0 Å². The van der Waals surface area contributed by atoms with Crippen LogP contribution in [0.25, 0.3) is 0 Å². The van der Waals surface area contributed by atoms with E-state index < -0.39 is 35.9 Å². The van der Waals surface area contributed by atoms with Crippen molar-refractivity contribution in [2.24, 2.45) is 28.7 Å². The molecule has 3 fully saturated rings. The second-order valence-electron chi connectivity index (χ2n) is 12.9. The Kier molecular flexibility index (Phi) is 10.5. The minimum atomic E-state index is -1.36. The van der Waals surface area contributed by atoms with Crippen molar-refractivity contribution < 1.29 is 29.3 Å². The summed E-state index contributed by atoms with van der Waals surface area (Å²) in [7, 11) is 3.82. The van der Waals surface area contributed by atoms with Gasteiger partial charge in [-0.05, 0) is 46.5 Å². The first kappa shape index (κ1) is 31.8. The minimum Gasteiger partial charge on any atom is -0.392 e. The number of amides is 2. The number of hydrogen-bond donors (Lipinski definition) is 3. The monoisotopic (exact) mass is 552 g/mol. The standard InChI is InChI=1S/C29H52N4O6/c1-16(2)31-23-13-21-22(33(23)9)12-18(4)38-28(21)39-26-19(5)25(35)20(6)27(36)30-11-10-24(34)32(8)15-17(3)14-29(26,7)37/h16-22,25-26,28,35,37H,10-15H2,1-9H3,(H,30,36)/t17-,18-,19+,20-,21-,22+,25+,26-,28+,29-/m1/s1. The number of carbonyl (C=O) groups excluding carboxylic acids is 2. The van der Waals surface area contributed by atoms with Gasteiger partial charge in [-0.3, -0.25) is 14.6 Å². The average molecular weight is 553 g/mol. The SMILES string of the molecule is CC(C)N=C1C[C@H]2[C@H](O[C@@H]3[C@@H](C)[C@H](O)[C@@H](C)C(=O)NCCC(=O)N(C)C[C@H](C)C[C@@]3(C)O)O[C@H](C)C[C@@H]2N1C. The molecule has 0 radical (unpaired) electrons. The highest BCUT2D eigenvalue weighted by Gasteiger charge is 2.50. The van der Waals surface area contributed by atoms with Gasteiger partial charge >= 0.3 is 0 Å². The molecule has 3 N–H and O–H groups in total. The van der Waals surface area contributed by atoms with Crippen LogP contribution in [0.4, 0.5) is 0 Å². The molecule has 0 aromatic heterocycles. The first-order valence-corrected chi connectivity index (χ1v) is 14.6. The number of nitrogens with one attached hydrogen (secondary N) is 1. The van der Waals surface area contributed by atoms with E-state index in [0.717, 1.165) is 12.3 Å². The van der Waals surface area contributed by atoms with Crippen LogP contribution in [0.2, 0.25) is 0 Å². The minimum absolute atomic E-state index is 0.0267. The number of aliphatic imine (C=N–C) groups is 1. The van der Waals surface area contributed by atoms with Gasteiger partial charge in [-0.25, -0.2) is 0 Å². The highest BCUT2D eigenvalue weighted by atomic mass is 16.7. The molecule has 0 spiro atoms. The van der Waals surface area contributed by atoms with Gasteiger partial charge in [-0.15, -0.1) is 0 Å². The molecule has 0 unspecified atom stereocenters. The van der Waals surface area contributed by atoms with E-state index in [4.69, 9.17) is 14.5 Å². The molecule has 10 heteroatoms. The normalized spacial score (nSPS) is 42.5. The molecule has 3 heterocycles. The Balaban J connectivity index is 1.94. The Hall–Kier alpha value is -1.75. The lowest BCUT2D eigenvalue weighted by molar-refractivity contribution is -0.282. The molecule has 224 valence electrons. The Bertz CT molecular complexity index is 895. The van der Waals surface area contributed by atoms with Gasteiger partial charge in [0.05, 0.1) is 35.7 Å². The van der Waals surface area contributed by atoms with Gasteiger partial charge < -0.3 is 34.8 Å². The molecule has 10 nitrogen and oxygen atoms in total. The fraction of sp³-hybridized carbons (Fsp3) is 0.897. The molecular formula is C29H52N4O6. The number of nitrogens with zero attached hydrogens (tertiary/aromatic N) is 3. The summed E-state index contributed by atoms with van der Waals surface area (Å²) in [5, 5.41) is 26.1. The summed E-state index contributed by atoms with van der Waals surface area (Å²) in [6.45, 7) is 14.1. The van der Waals surface area contributed by atoms with Gasteiger partial charge in [0.1, 0.15) is 0 Å². The predicted molar refractivity (Wildman–Crippen MR) is 150 cm³/mol. The maximum atomic E-state index is 12.8. The Morgan fingerprint density at radius 3 is 2.49 bits per heavy atom. The largest absolute Gasteiger partial charge is 0.392 e. The maximum Gasteiger partial charge on any atom is 0.225 e. The summed E-state index contributed by atoms with van der Waals surface area (Å²) in [6.07, 6.45) is -0.439. The number of amidine groups is 1. The molecule has 3 rings (SSSR count). The summed E-state index contributed by atoms with van der Waals surface area (Å²) in [4.78, 5) is 34.2. The van der Waals surface area contributed by atoms with Crippen molar-refractivity contribution in [2.45, 2.75) is 116 Å². The van der Waals surface area contributed by atoms with Gasteiger partial charge in [-0.2, -0.15) is 0 Å². The highest BCUT2D eigenvalue weighted by Crippen LogP contribution is 2.41. The van der Waals surface area contributed by atoms with Crippen molar-refractivity contribution in [1.29, 1.82) is 0 Å². The van der Waals surface area contributed by atoms with E-state index >= 15 is 0 Å². The molecule has 3 aliphatic heterocycles. The van der Waals surface area contributed by atoms with Crippen LogP contribution < -0.4 is 5.32 Å². The zero-order chi connectivity index (χ0) is 29.2. The predicted octanol–water partition coefficient (Wildman–Crippen LogP) is 2.02. The van der Waals surface area contributed by atoms with Crippen molar-refractivity contribution >= 4 is 17.6 Å². The third-order valence-electron chi connectivity index (χ3n) is 8.76. The molecule has 3 saturated heterocycles. The number of aliphatic hydroxyl groups is 2. The van der Waals surface area contributed by atoms with Crippen LogP contribution in [0.3, 0.4) is 0 Å². The molecule has 39 heavy (non-hydrogen) atoms. The van der Waals surface area contributed by atoms with Crippen LogP contribution in [0.15, 0.2) is 4.99 Å². The average Bonchev–Trinajstić information content (AvgIpc) is 3.14. The molecule has 0 saturated carbocycles. The van der Waals surface area contributed by atoms with Crippen molar-refractivity contribution in [1.82, 2.24) is 15.1 Å². The van der Waals surface area contributed by atoms with Crippen LogP contribution >= 0.6 is 0 Å². The van der Waals surface area contributed by atoms with Gasteiger partial charge in [0.2, 0.25) is 11.8 Å². The fourth-order valence-electron chi connectivity index (χ4n) is 6.75. The molecule has 2 amide bonds. The van der Waals surface area contributed by atoms with E-state index in [-0.39, 0.29) is 54.8 Å². The van der Waals surface area contributed by atoms with E-state index in [2.05, 4.69) is 31.1 Å². The van der Waals surface area contributed by atoms with Gasteiger partial charge in [0.25, 0.3) is 0 Å². The lowest BCUT2D eigenvalue weighted by atomic mass is 9.77. The third kappa shape index (κ3) is 7.51. The number of ether oxygens (including phenoxy) is 2. The quantitative estimate of drug-likeness (QED) is 0.489. The van der Waals surface area contributed by atoms with E-state index in [1.807, 2.05) is 20.8 Å². The highest BCUT2D eigenvalue weighted by molar-refractivity contribution is 5.85. The van der Waals surface area contributed by atoms with Crippen LogP contribution in [0, 0.1) is 23.7 Å².